The Morgan fingerprint density at radius 3 is 2.62 bits per heavy atom. The molecule has 0 aliphatic carbocycles. The molecular weight excluding hydrogens is 473 g/mol. The molecule has 0 atom stereocenters. The van der Waals surface area contributed by atoms with Gasteiger partial charge in [0.1, 0.15) is 27.1 Å². The first-order valence-electron chi connectivity index (χ1n) is 11.2. The number of benzene rings is 1. The quantitative estimate of drug-likeness (QED) is 0.212. The fourth-order valence-corrected chi connectivity index (χ4v) is 4.89. The van der Waals surface area contributed by atoms with Gasteiger partial charge in [0.15, 0.2) is 0 Å². The molecule has 176 valence electrons. The lowest BCUT2D eigenvalue weighted by Gasteiger charge is -2.14. The minimum absolute atomic E-state index is 0.0349. The van der Waals surface area contributed by atoms with Gasteiger partial charge in [-0.05, 0) is 48.9 Å². The number of thioether (sulfide) groups is 1. The van der Waals surface area contributed by atoms with Crippen LogP contribution in [0.25, 0.3) is 11.7 Å². The molecule has 1 aliphatic heterocycles. The predicted molar refractivity (Wildman–Crippen MR) is 137 cm³/mol. The van der Waals surface area contributed by atoms with Crippen LogP contribution in [0.5, 0.6) is 11.6 Å². The predicted octanol–water partition coefficient (Wildman–Crippen LogP) is 5.80. The van der Waals surface area contributed by atoms with Crippen molar-refractivity contribution in [3.63, 3.8) is 0 Å². The number of unbranched alkanes of at least 4 members (excludes halogenated alkanes) is 4. The summed E-state index contributed by atoms with van der Waals surface area (Å²) in [6.45, 7) is 2.71. The molecule has 4 rings (SSSR count). The number of hydrogen-bond donors (Lipinski definition) is 0. The highest BCUT2D eigenvalue weighted by atomic mass is 32.2. The van der Waals surface area contributed by atoms with Gasteiger partial charge in [0, 0.05) is 12.7 Å². The molecule has 1 aromatic carbocycles. The van der Waals surface area contributed by atoms with E-state index in [1.807, 2.05) is 0 Å². The number of aromatic nitrogens is 2. The molecule has 1 aliphatic rings. The molecule has 0 saturated carbocycles. The van der Waals surface area contributed by atoms with E-state index >= 15 is 0 Å². The first-order valence-corrected chi connectivity index (χ1v) is 12.4. The topological polar surface area (TPSA) is 63.9 Å². The summed E-state index contributed by atoms with van der Waals surface area (Å²) in [6, 6.07) is 10.6. The highest BCUT2D eigenvalue weighted by Crippen LogP contribution is 2.34. The van der Waals surface area contributed by atoms with Crippen LogP contribution in [0, 0.1) is 5.82 Å². The highest BCUT2D eigenvalue weighted by Gasteiger charge is 2.32. The summed E-state index contributed by atoms with van der Waals surface area (Å²) >= 11 is 6.60. The summed E-state index contributed by atoms with van der Waals surface area (Å²) in [4.78, 5) is 32.8. The largest absolute Gasteiger partial charge is 0.438 e. The Balaban J connectivity index is 1.66. The van der Waals surface area contributed by atoms with E-state index in [1.165, 1.54) is 41.2 Å². The fraction of sp³-hybridized carbons (Fsp3) is 0.280. The smallest absolute Gasteiger partial charge is 0.269 e. The number of halogens is 1. The van der Waals surface area contributed by atoms with Gasteiger partial charge < -0.3 is 4.74 Å². The van der Waals surface area contributed by atoms with E-state index < -0.39 is 5.82 Å². The molecule has 0 bridgehead atoms. The maximum absolute atomic E-state index is 13.3. The zero-order valence-electron chi connectivity index (χ0n) is 18.7. The van der Waals surface area contributed by atoms with Gasteiger partial charge in [0.2, 0.25) is 5.88 Å². The number of fused-ring (bicyclic) bond motifs is 1. The van der Waals surface area contributed by atoms with Crippen molar-refractivity contribution in [1.29, 1.82) is 0 Å². The summed E-state index contributed by atoms with van der Waals surface area (Å²) in [5.74, 6) is -0.274. The molecule has 1 amide bonds. The highest BCUT2D eigenvalue weighted by molar-refractivity contribution is 8.26. The van der Waals surface area contributed by atoms with Gasteiger partial charge in [-0.3, -0.25) is 18.9 Å². The second-order valence-corrected chi connectivity index (χ2v) is 9.54. The summed E-state index contributed by atoms with van der Waals surface area (Å²) in [7, 11) is 0. The van der Waals surface area contributed by atoms with Gasteiger partial charge in [0.25, 0.3) is 11.5 Å². The van der Waals surface area contributed by atoms with Gasteiger partial charge in [0.05, 0.1) is 4.91 Å². The molecular formula is C25H24FN3O3S2. The number of hydrogen-bond acceptors (Lipinski definition) is 6. The molecule has 0 radical (unpaired) electrons. The molecule has 6 nitrogen and oxygen atoms in total. The maximum atomic E-state index is 13.3. The molecule has 0 spiro atoms. The van der Waals surface area contributed by atoms with Crippen LogP contribution in [0.4, 0.5) is 4.39 Å². The Morgan fingerprint density at radius 2 is 1.85 bits per heavy atom. The standard InChI is InChI=1S/C25H24FN3O3S2/c1-2-3-4-5-7-15-29-24(31)20(34-25(29)33)16-19-22(32-18-12-10-17(26)11-13-18)27-21-9-6-8-14-28(21)23(19)30/h6,8-14,16H,2-5,7,15H2,1H3/b20-16+. The second kappa shape index (κ2) is 10.9. The summed E-state index contributed by atoms with van der Waals surface area (Å²) < 4.78 is 21.0. The van der Waals surface area contributed by atoms with E-state index in [-0.39, 0.29) is 22.9 Å². The second-order valence-electron chi connectivity index (χ2n) is 7.87. The van der Waals surface area contributed by atoms with Gasteiger partial charge >= 0.3 is 0 Å². The Labute approximate surface area is 206 Å². The van der Waals surface area contributed by atoms with Crippen molar-refractivity contribution < 1.29 is 13.9 Å². The molecule has 3 heterocycles. The lowest BCUT2D eigenvalue weighted by molar-refractivity contribution is -0.122. The molecule has 0 unspecified atom stereocenters. The first kappa shape index (κ1) is 24.1. The lowest BCUT2D eigenvalue weighted by Crippen LogP contribution is -2.29. The molecule has 0 N–H and O–H groups in total. The van der Waals surface area contributed by atoms with Crippen LogP contribution in [0.1, 0.15) is 44.6 Å². The zero-order valence-corrected chi connectivity index (χ0v) is 20.3. The van der Waals surface area contributed by atoms with Crippen LogP contribution in [0.2, 0.25) is 0 Å². The van der Waals surface area contributed by atoms with Crippen molar-refractivity contribution in [2.24, 2.45) is 0 Å². The molecule has 1 saturated heterocycles. The van der Waals surface area contributed by atoms with Gasteiger partial charge in [-0.1, -0.05) is 62.7 Å². The van der Waals surface area contributed by atoms with Crippen molar-refractivity contribution in [2.75, 3.05) is 6.54 Å². The maximum Gasteiger partial charge on any atom is 0.269 e. The van der Waals surface area contributed by atoms with Crippen LogP contribution in [-0.4, -0.2) is 31.1 Å². The molecule has 9 heteroatoms. The van der Waals surface area contributed by atoms with E-state index in [4.69, 9.17) is 17.0 Å². The van der Waals surface area contributed by atoms with Crippen molar-refractivity contribution >= 4 is 45.9 Å². The third-order valence-corrected chi connectivity index (χ3v) is 6.77. The number of ether oxygens (including phenoxy) is 1. The SMILES string of the molecule is CCCCCCCN1C(=O)/C(=C\c2c(Oc3ccc(F)cc3)nc3ccccn3c2=O)SC1=S. The van der Waals surface area contributed by atoms with Crippen LogP contribution < -0.4 is 10.3 Å². The number of nitrogens with zero attached hydrogens (tertiary/aromatic N) is 3. The first-order chi connectivity index (χ1) is 16.5. The summed E-state index contributed by atoms with van der Waals surface area (Å²) in [5, 5.41) is 0. The fourth-order valence-electron chi connectivity index (χ4n) is 3.60. The Hall–Kier alpha value is -3.04. The summed E-state index contributed by atoms with van der Waals surface area (Å²) in [6.07, 6.45) is 8.46. The van der Waals surface area contributed by atoms with E-state index in [0.717, 1.165) is 37.4 Å². The third-order valence-electron chi connectivity index (χ3n) is 5.40. The Kier molecular flexibility index (Phi) is 7.74. The Bertz CT molecular complexity index is 1300. The van der Waals surface area contributed by atoms with Crippen LogP contribution >= 0.6 is 24.0 Å². The van der Waals surface area contributed by atoms with E-state index in [0.29, 0.717) is 27.2 Å². The van der Waals surface area contributed by atoms with Crippen molar-refractivity contribution in [3.05, 3.63) is 75.3 Å². The molecule has 2 aromatic heterocycles. The van der Waals surface area contributed by atoms with Crippen molar-refractivity contribution in [3.8, 4) is 11.6 Å². The van der Waals surface area contributed by atoms with Gasteiger partial charge in [-0.2, -0.15) is 4.98 Å². The van der Waals surface area contributed by atoms with Crippen LogP contribution in [0.3, 0.4) is 0 Å². The Morgan fingerprint density at radius 1 is 1.09 bits per heavy atom. The molecule has 1 fully saturated rings. The number of carbonyl (C=O) groups excluding carboxylic acids is 1. The van der Waals surface area contributed by atoms with E-state index in [1.54, 1.807) is 29.3 Å². The van der Waals surface area contributed by atoms with Gasteiger partial charge in [-0.25, -0.2) is 4.39 Å². The zero-order chi connectivity index (χ0) is 24.1. The minimum atomic E-state index is -0.405. The normalized spacial score (nSPS) is 15.0. The molecule has 34 heavy (non-hydrogen) atoms. The third kappa shape index (κ3) is 5.37. The number of pyridine rings is 1. The number of rotatable bonds is 9. The van der Waals surface area contributed by atoms with Crippen molar-refractivity contribution in [2.45, 2.75) is 39.0 Å². The number of amides is 1. The number of thiocarbonyl (C=S) groups is 1. The minimum Gasteiger partial charge on any atom is -0.438 e. The van der Waals surface area contributed by atoms with Crippen LogP contribution in [0.15, 0.2) is 58.4 Å². The average molecular weight is 498 g/mol. The molecule has 3 aromatic rings. The van der Waals surface area contributed by atoms with Crippen molar-refractivity contribution in [1.82, 2.24) is 14.3 Å². The lowest BCUT2D eigenvalue weighted by atomic mass is 10.1. The van der Waals surface area contributed by atoms with Gasteiger partial charge in [-0.15, -0.1) is 0 Å². The monoisotopic (exact) mass is 497 g/mol. The summed E-state index contributed by atoms with van der Waals surface area (Å²) in [5.41, 5.74) is 0.130. The van der Waals surface area contributed by atoms with E-state index in [2.05, 4.69) is 11.9 Å². The number of carbonyl (C=O) groups is 1. The van der Waals surface area contributed by atoms with Crippen LogP contribution in [-0.2, 0) is 4.79 Å². The van der Waals surface area contributed by atoms with E-state index in [9.17, 15) is 14.0 Å². The average Bonchev–Trinajstić information content (AvgIpc) is 3.10.